The largest absolute Gasteiger partial charge is 0.478 e. The maximum absolute atomic E-state index is 12.6. The second kappa shape index (κ2) is 10.6. The Morgan fingerprint density at radius 2 is 1.61 bits per heavy atom. The molecular weight excluding hydrogens is 446 g/mol. The van der Waals surface area contributed by atoms with Crippen LogP contribution >= 0.6 is 11.6 Å². The van der Waals surface area contributed by atoms with Gasteiger partial charge in [-0.25, -0.2) is 10.2 Å². The zero-order chi connectivity index (χ0) is 24.0. The van der Waals surface area contributed by atoms with E-state index in [2.05, 4.69) is 15.8 Å². The van der Waals surface area contributed by atoms with Crippen LogP contribution in [0.2, 0.25) is 5.02 Å². The summed E-state index contributed by atoms with van der Waals surface area (Å²) in [5.41, 5.74) is 3.69. The van der Waals surface area contributed by atoms with Crippen LogP contribution in [0.3, 0.4) is 0 Å². The number of furan rings is 1. The first-order valence-electron chi connectivity index (χ1n) is 10.1. The van der Waals surface area contributed by atoms with Crippen molar-refractivity contribution in [3.05, 3.63) is 82.6 Å². The molecule has 0 radical (unpaired) electrons. The van der Waals surface area contributed by atoms with Gasteiger partial charge in [-0.15, -0.1) is 0 Å². The van der Waals surface area contributed by atoms with Gasteiger partial charge in [0.05, 0.1) is 11.8 Å². The maximum Gasteiger partial charge on any atom is 0.335 e. The van der Waals surface area contributed by atoms with E-state index in [1.165, 1.54) is 18.3 Å². The van der Waals surface area contributed by atoms with E-state index >= 15 is 0 Å². The number of rotatable bonds is 8. The molecule has 0 saturated heterocycles. The van der Waals surface area contributed by atoms with Crippen molar-refractivity contribution in [3.63, 3.8) is 0 Å². The predicted molar refractivity (Wildman–Crippen MR) is 124 cm³/mol. The number of nitrogens with one attached hydrogen (secondary N) is 2. The highest BCUT2D eigenvalue weighted by molar-refractivity contribution is 6.30. The minimum absolute atomic E-state index is 0.178. The van der Waals surface area contributed by atoms with Crippen molar-refractivity contribution >= 4 is 35.6 Å². The first-order valence-corrected chi connectivity index (χ1v) is 10.5. The molecule has 1 aromatic heterocycles. The van der Waals surface area contributed by atoms with Gasteiger partial charge in [0.1, 0.15) is 17.6 Å². The van der Waals surface area contributed by atoms with Gasteiger partial charge in [0, 0.05) is 16.1 Å². The molecule has 0 spiro atoms. The normalized spacial score (nSPS) is 12.0. The van der Waals surface area contributed by atoms with Crippen LogP contribution in [0.4, 0.5) is 0 Å². The number of carboxylic acid groups (broad SMARTS) is 1. The molecule has 1 atom stereocenters. The number of nitrogens with zero attached hydrogens (tertiary/aromatic N) is 1. The van der Waals surface area contributed by atoms with Gasteiger partial charge >= 0.3 is 5.97 Å². The summed E-state index contributed by atoms with van der Waals surface area (Å²) in [5.74, 6) is -1.14. The van der Waals surface area contributed by atoms with Crippen molar-refractivity contribution in [2.75, 3.05) is 0 Å². The van der Waals surface area contributed by atoms with E-state index in [0.29, 0.717) is 27.7 Å². The molecule has 3 N–H and O–H groups in total. The molecule has 8 nitrogen and oxygen atoms in total. The van der Waals surface area contributed by atoms with Crippen LogP contribution in [0.15, 0.2) is 70.2 Å². The Labute approximate surface area is 195 Å². The quantitative estimate of drug-likeness (QED) is 0.338. The minimum Gasteiger partial charge on any atom is -0.478 e. The fourth-order valence-corrected chi connectivity index (χ4v) is 3.07. The van der Waals surface area contributed by atoms with E-state index < -0.39 is 23.8 Å². The van der Waals surface area contributed by atoms with E-state index in [0.717, 1.165) is 0 Å². The lowest BCUT2D eigenvalue weighted by atomic mass is 10.0. The molecule has 1 heterocycles. The van der Waals surface area contributed by atoms with Crippen molar-refractivity contribution in [2.24, 2.45) is 11.0 Å². The number of hydrazone groups is 1. The molecule has 170 valence electrons. The number of halogens is 1. The average molecular weight is 468 g/mol. The number of aromatic carboxylic acids is 1. The number of hydrogen-bond donors (Lipinski definition) is 3. The van der Waals surface area contributed by atoms with E-state index in [9.17, 15) is 14.4 Å². The Hall–Kier alpha value is -3.91. The van der Waals surface area contributed by atoms with Gasteiger partial charge in [-0.1, -0.05) is 37.6 Å². The number of carboxylic acids is 1. The molecule has 0 bridgehead atoms. The maximum atomic E-state index is 12.6. The van der Waals surface area contributed by atoms with Crippen LogP contribution in [0.25, 0.3) is 11.3 Å². The van der Waals surface area contributed by atoms with Crippen LogP contribution in [-0.2, 0) is 4.79 Å². The zero-order valence-corrected chi connectivity index (χ0v) is 18.7. The van der Waals surface area contributed by atoms with Crippen LogP contribution in [-0.4, -0.2) is 35.1 Å². The second-order valence-electron chi connectivity index (χ2n) is 7.52. The lowest BCUT2D eigenvalue weighted by molar-refractivity contribution is -0.123. The van der Waals surface area contributed by atoms with E-state index in [1.807, 2.05) is 13.8 Å². The molecule has 1 unspecified atom stereocenters. The van der Waals surface area contributed by atoms with E-state index in [-0.39, 0.29) is 11.5 Å². The van der Waals surface area contributed by atoms with Gasteiger partial charge in [0.15, 0.2) is 0 Å². The van der Waals surface area contributed by atoms with Crippen LogP contribution < -0.4 is 10.7 Å². The highest BCUT2D eigenvalue weighted by atomic mass is 35.5. The minimum atomic E-state index is -1.01. The molecule has 0 fully saturated rings. The van der Waals surface area contributed by atoms with Crippen molar-refractivity contribution in [3.8, 4) is 11.3 Å². The molecule has 0 aliphatic heterocycles. The SMILES string of the molecule is CC(C)C(NC(=O)c1ccc(Cl)cc1)C(=O)NN=Cc1ccc(-c2ccc(C(=O)O)cc2)o1. The Bertz CT molecular complexity index is 1170. The number of benzene rings is 2. The summed E-state index contributed by atoms with van der Waals surface area (Å²) < 4.78 is 5.66. The standard InChI is InChI=1S/C24H22ClN3O5/c1-14(2)21(27-22(29)16-7-9-18(25)10-8-16)23(30)28-26-13-19-11-12-20(33-19)15-3-5-17(6-4-15)24(31)32/h3-14,21H,1-2H3,(H,27,29)(H,28,30)(H,31,32). The second-order valence-corrected chi connectivity index (χ2v) is 7.96. The third-order valence-corrected chi connectivity index (χ3v) is 5.00. The molecular formula is C24H22ClN3O5. The van der Waals surface area contributed by atoms with E-state index in [1.54, 1.807) is 48.5 Å². The number of hydrogen-bond acceptors (Lipinski definition) is 5. The van der Waals surface area contributed by atoms with Gasteiger partial charge in [-0.2, -0.15) is 5.10 Å². The summed E-state index contributed by atoms with van der Waals surface area (Å²) in [6.07, 6.45) is 1.34. The third kappa shape index (κ3) is 6.30. The first kappa shape index (κ1) is 23.7. The van der Waals surface area contributed by atoms with Crippen molar-refractivity contribution in [2.45, 2.75) is 19.9 Å². The monoisotopic (exact) mass is 467 g/mol. The first-order chi connectivity index (χ1) is 15.7. The van der Waals surface area contributed by atoms with Gasteiger partial charge in [-0.3, -0.25) is 9.59 Å². The summed E-state index contributed by atoms with van der Waals surface area (Å²) in [5, 5.41) is 16.1. The highest BCUT2D eigenvalue weighted by Crippen LogP contribution is 2.22. The van der Waals surface area contributed by atoms with Crippen molar-refractivity contribution in [1.29, 1.82) is 0 Å². The molecule has 3 rings (SSSR count). The summed E-state index contributed by atoms with van der Waals surface area (Å²) in [7, 11) is 0. The van der Waals surface area contributed by atoms with Gasteiger partial charge in [-0.05, 0) is 54.4 Å². The summed E-state index contributed by atoms with van der Waals surface area (Å²) in [6, 6.07) is 15.2. The van der Waals surface area contributed by atoms with Crippen LogP contribution in [0.1, 0.15) is 40.3 Å². The molecule has 3 aromatic rings. The van der Waals surface area contributed by atoms with Crippen LogP contribution in [0, 0.1) is 5.92 Å². The Balaban J connectivity index is 1.61. The molecule has 9 heteroatoms. The van der Waals surface area contributed by atoms with Gasteiger partial charge in [0.2, 0.25) is 0 Å². The lowest BCUT2D eigenvalue weighted by Gasteiger charge is -2.20. The van der Waals surface area contributed by atoms with Gasteiger partial charge in [0.25, 0.3) is 11.8 Å². The zero-order valence-electron chi connectivity index (χ0n) is 17.9. The Morgan fingerprint density at radius 1 is 0.970 bits per heavy atom. The lowest BCUT2D eigenvalue weighted by Crippen LogP contribution is -2.48. The fourth-order valence-electron chi connectivity index (χ4n) is 2.94. The molecule has 33 heavy (non-hydrogen) atoms. The summed E-state index contributed by atoms with van der Waals surface area (Å²) in [6.45, 7) is 3.62. The Kier molecular flexibility index (Phi) is 7.63. The van der Waals surface area contributed by atoms with Crippen LogP contribution in [0.5, 0.6) is 0 Å². The molecule has 2 aromatic carbocycles. The molecule has 0 saturated carbocycles. The van der Waals surface area contributed by atoms with Crippen molar-refractivity contribution in [1.82, 2.24) is 10.7 Å². The fraction of sp³-hybridized carbons (Fsp3) is 0.167. The average Bonchev–Trinajstić information content (AvgIpc) is 3.26. The van der Waals surface area contributed by atoms with E-state index in [4.69, 9.17) is 21.1 Å². The topological polar surface area (TPSA) is 121 Å². The Morgan fingerprint density at radius 3 is 2.21 bits per heavy atom. The number of carbonyl (C=O) groups is 3. The van der Waals surface area contributed by atoms with Crippen molar-refractivity contribution < 1.29 is 23.9 Å². The third-order valence-electron chi connectivity index (χ3n) is 4.75. The molecule has 2 amide bonds. The number of carbonyl (C=O) groups excluding carboxylic acids is 2. The summed E-state index contributed by atoms with van der Waals surface area (Å²) in [4.78, 5) is 36.0. The predicted octanol–water partition coefficient (Wildman–Crippen LogP) is 4.20. The smallest absolute Gasteiger partial charge is 0.335 e. The van der Waals surface area contributed by atoms with Gasteiger partial charge < -0.3 is 14.8 Å². The number of amides is 2. The summed E-state index contributed by atoms with van der Waals surface area (Å²) >= 11 is 5.84. The molecule has 0 aliphatic carbocycles. The molecule has 0 aliphatic rings. The highest BCUT2D eigenvalue weighted by Gasteiger charge is 2.24.